The molecular weight excluding hydrogens is 218 g/mol. The fourth-order valence-corrected chi connectivity index (χ4v) is 2.93. The third-order valence-electron chi connectivity index (χ3n) is 3.39. The Bertz CT molecular complexity index is 333. The molecule has 0 amide bonds. The van der Waals surface area contributed by atoms with Crippen LogP contribution in [0.4, 0.5) is 5.13 Å². The Morgan fingerprint density at radius 1 is 1.62 bits per heavy atom. The van der Waals surface area contributed by atoms with Gasteiger partial charge in [0.1, 0.15) is 0 Å². The first-order chi connectivity index (χ1) is 7.72. The molecule has 0 aromatic carbocycles. The summed E-state index contributed by atoms with van der Waals surface area (Å²) in [7, 11) is 2.17. The molecule has 1 aromatic rings. The summed E-state index contributed by atoms with van der Waals surface area (Å²) in [6.45, 7) is 5.29. The molecule has 4 heteroatoms. The van der Waals surface area contributed by atoms with Crippen LogP contribution in [0.2, 0.25) is 0 Å². The van der Waals surface area contributed by atoms with E-state index in [0.717, 1.165) is 12.6 Å². The summed E-state index contributed by atoms with van der Waals surface area (Å²) >= 11 is 1.76. The van der Waals surface area contributed by atoms with Crippen LogP contribution < -0.4 is 10.2 Å². The Balaban J connectivity index is 2.00. The zero-order valence-electron chi connectivity index (χ0n) is 10.4. The number of hydrogen-bond donors (Lipinski definition) is 1. The zero-order valence-corrected chi connectivity index (χ0v) is 11.2. The van der Waals surface area contributed by atoms with Gasteiger partial charge in [0, 0.05) is 24.5 Å². The van der Waals surface area contributed by atoms with Crippen molar-refractivity contribution in [1.82, 2.24) is 10.3 Å². The fraction of sp³-hybridized carbons (Fsp3) is 0.750. The average Bonchev–Trinajstić information content (AvgIpc) is 2.63. The summed E-state index contributed by atoms with van der Waals surface area (Å²) in [4.78, 5) is 7.06. The molecule has 0 aliphatic heterocycles. The maximum atomic E-state index is 4.71. The molecule has 0 radical (unpaired) electrons. The van der Waals surface area contributed by atoms with E-state index in [-0.39, 0.29) is 0 Å². The van der Waals surface area contributed by atoms with Gasteiger partial charge in [-0.1, -0.05) is 6.92 Å². The lowest BCUT2D eigenvalue weighted by Crippen LogP contribution is -2.37. The van der Waals surface area contributed by atoms with Crippen molar-refractivity contribution in [2.45, 2.75) is 45.2 Å². The molecule has 1 atom stereocenters. The molecule has 1 saturated carbocycles. The number of aromatic nitrogens is 1. The van der Waals surface area contributed by atoms with E-state index >= 15 is 0 Å². The molecule has 1 unspecified atom stereocenters. The summed E-state index contributed by atoms with van der Waals surface area (Å²) in [5.41, 5.74) is 1.17. The van der Waals surface area contributed by atoms with Gasteiger partial charge in [0.2, 0.25) is 0 Å². The van der Waals surface area contributed by atoms with Gasteiger partial charge in [0.15, 0.2) is 5.13 Å². The van der Waals surface area contributed by atoms with Gasteiger partial charge in [-0.2, -0.15) is 0 Å². The summed E-state index contributed by atoms with van der Waals surface area (Å²) < 4.78 is 0. The van der Waals surface area contributed by atoms with Crippen LogP contribution in [-0.4, -0.2) is 24.6 Å². The van der Waals surface area contributed by atoms with Crippen molar-refractivity contribution in [3.05, 3.63) is 11.1 Å². The molecular formula is C12H21N3S. The molecule has 0 saturated heterocycles. The highest BCUT2D eigenvalue weighted by atomic mass is 32.1. The molecule has 2 rings (SSSR count). The number of anilines is 1. The smallest absolute Gasteiger partial charge is 0.185 e. The van der Waals surface area contributed by atoms with E-state index < -0.39 is 0 Å². The van der Waals surface area contributed by atoms with Crippen LogP contribution in [0, 0.1) is 0 Å². The number of thiazole rings is 1. The van der Waals surface area contributed by atoms with E-state index in [1.165, 1.54) is 30.1 Å². The number of nitrogens with one attached hydrogen (secondary N) is 1. The van der Waals surface area contributed by atoms with Crippen LogP contribution in [0.5, 0.6) is 0 Å². The van der Waals surface area contributed by atoms with E-state index in [4.69, 9.17) is 4.98 Å². The van der Waals surface area contributed by atoms with Gasteiger partial charge in [-0.05, 0) is 32.7 Å². The molecule has 1 N–H and O–H groups in total. The molecule has 1 fully saturated rings. The van der Waals surface area contributed by atoms with Gasteiger partial charge in [0.05, 0.1) is 5.69 Å². The van der Waals surface area contributed by atoms with Crippen LogP contribution in [0.1, 0.15) is 44.8 Å². The van der Waals surface area contributed by atoms with Crippen molar-refractivity contribution in [2.75, 3.05) is 18.5 Å². The first kappa shape index (κ1) is 11.9. The third kappa shape index (κ3) is 2.38. The third-order valence-corrected chi connectivity index (χ3v) is 4.34. The van der Waals surface area contributed by atoms with Gasteiger partial charge in [-0.15, -0.1) is 11.3 Å². The first-order valence-corrected chi connectivity index (χ1v) is 7.02. The monoisotopic (exact) mass is 239 g/mol. The Kier molecular flexibility index (Phi) is 3.82. The second-order valence-electron chi connectivity index (χ2n) is 4.53. The fourth-order valence-electron chi connectivity index (χ4n) is 1.98. The molecule has 16 heavy (non-hydrogen) atoms. The molecule has 1 aliphatic carbocycles. The van der Waals surface area contributed by atoms with Crippen LogP contribution in [-0.2, 0) is 0 Å². The highest BCUT2D eigenvalue weighted by Crippen LogP contribution is 2.31. The minimum Gasteiger partial charge on any atom is -0.348 e. The van der Waals surface area contributed by atoms with Crippen molar-refractivity contribution in [1.29, 1.82) is 0 Å². The normalized spacial score (nSPS) is 18.2. The Morgan fingerprint density at radius 2 is 2.38 bits per heavy atom. The van der Waals surface area contributed by atoms with Crippen molar-refractivity contribution in [2.24, 2.45) is 0 Å². The largest absolute Gasteiger partial charge is 0.348 e. The van der Waals surface area contributed by atoms with Crippen molar-refractivity contribution in [3.8, 4) is 0 Å². The second kappa shape index (κ2) is 5.15. The van der Waals surface area contributed by atoms with Crippen LogP contribution in [0.15, 0.2) is 5.38 Å². The van der Waals surface area contributed by atoms with Crippen molar-refractivity contribution in [3.63, 3.8) is 0 Å². The van der Waals surface area contributed by atoms with Crippen LogP contribution in [0.25, 0.3) is 0 Å². The van der Waals surface area contributed by atoms with Gasteiger partial charge in [0.25, 0.3) is 0 Å². The van der Waals surface area contributed by atoms with E-state index in [9.17, 15) is 0 Å². The topological polar surface area (TPSA) is 28.2 Å². The Labute approximate surface area is 102 Å². The Hall–Kier alpha value is -0.610. The lowest BCUT2D eigenvalue weighted by atomic mass is 9.92. The summed E-state index contributed by atoms with van der Waals surface area (Å²) in [5, 5.41) is 6.75. The minimum atomic E-state index is 0.366. The van der Waals surface area contributed by atoms with Crippen LogP contribution >= 0.6 is 11.3 Å². The number of nitrogens with zero attached hydrogens (tertiary/aromatic N) is 2. The maximum Gasteiger partial charge on any atom is 0.185 e. The lowest BCUT2D eigenvalue weighted by Gasteiger charge is -2.34. The van der Waals surface area contributed by atoms with E-state index in [2.05, 4.69) is 36.5 Å². The molecule has 1 aliphatic rings. The second-order valence-corrected chi connectivity index (χ2v) is 5.37. The molecule has 90 valence electrons. The van der Waals surface area contributed by atoms with E-state index in [0.29, 0.717) is 6.04 Å². The lowest BCUT2D eigenvalue weighted by molar-refractivity contribution is 0.400. The van der Waals surface area contributed by atoms with E-state index in [1.807, 2.05) is 0 Å². The van der Waals surface area contributed by atoms with Gasteiger partial charge in [-0.3, -0.25) is 0 Å². The molecule has 0 bridgehead atoms. The minimum absolute atomic E-state index is 0.366. The maximum absolute atomic E-state index is 4.71. The van der Waals surface area contributed by atoms with Gasteiger partial charge >= 0.3 is 0 Å². The molecule has 0 spiro atoms. The number of hydrogen-bond acceptors (Lipinski definition) is 4. The van der Waals surface area contributed by atoms with Gasteiger partial charge < -0.3 is 10.2 Å². The summed E-state index contributed by atoms with van der Waals surface area (Å²) in [6.07, 6.45) is 4.03. The Morgan fingerprint density at radius 3 is 2.94 bits per heavy atom. The molecule has 1 aromatic heterocycles. The average molecular weight is 239 g/mol. The van der Waals surface area contributed by atoms with Crippen molar-refractivity contribution < 1.29 is 0 Å². The predicted octanol–water partition coefficient (Wildman–Crippen LogP) is 2.80. The summed E-state index contributed by atoms with van der Waals surface area (Å²) in [5.74, 6) is 0. The first-order valence-electron chi connectivity index (χ1n) is 6.14. The van der Waals surface area contributed by atoms with Gasteiger partial charge in [-0.25, -0.2) is 4.98 Å². The standard InChI is InChI=1S/C12H21N3S/c1-4-13-9(2)11-8-16-12(14-11)15(3)10-6-5-7-10/h8-10,13H,4-7H2,1-3H3. The highest BCUT2D eigenvalue weighted by Gasteiger charge is 2.24. The highest BCUT2D eigenvalue weighted by molar-refractivity contribution is 7.13. The SMILES string of the molecule is CCNC(C)c1csc(N(C)C2CCC2)n1. The molecule has 1 heterocycles. The number of rotatable bonds is 5. The zero-order chi connectivity index (χ0) is 11.5. The quantitative estimate of drug-likeness (QED) is 0.856. The van der Waals surface area contributed by atoms with Crippen molar-refractivity contribution >= 4 is 16.5 Å². The predicted molar refractivity (Wildman–Crippen MR) is 70.2 cm³/mol. The van der Waals surface area contributed by atoms with E-state index in [1.54, 1.807) is 11.3 Å². The summed E-state index contributed by atoms with van der Waals surface area (Å²) in [6, 6.07) is 1.10. The van der Waals surface area contributed by atoms with Crippen LogP contribution in [0.3, 0.4) is 0 Å². The molecule has 3 nitrogen and oxygen atoms in total.